The van der Waals surface area contributed by atoms with Gasteiger partial charge in [-0.15, -0.1) is 0 Å². The van der Waals surface area contributed by atoms with E-state index in [4.69, 9.17) is 0 Å². The second kappa shape index (κ2) is 7.93. The molecule has 0 aliphatic carbocycles. The maximum Gasteiger partial charge on any atom is 0.251 e. The molecule has 6 nitrogen and oxygen atoms in total. The molecule has 0 saturated carbocycles. The summed E-state index contributed by atoms with van der Waals surface area (Å²) < 4.78 is 28.4. The summed E-state index contributed by atoms with van der Waals surface area (Å²) in [5.74, 6) is -0.214. The molecular weight excluding hydrogens is 374 g/mol. The quantitative estimate of drug-likeness (QED) is 0.810. The lowest BCUT2D eigenvalue weighted by molar-refractivity contribution is 0.0945. The summed E-state index contributed by atoms with van der Waals surface area (Å²) in [7, 11) is -3.71. The van der Waals surface area contributed by atoms with Crippen molar-refractivity contribution in [3.05, 3.63) is 59.2 Å². The Hall–Kier alpha value is -2.38. The SMILES string of the molecule is O=C1NCCc2ccc(S(=O)(=O)NCc3ccccc3N3CCCCC3)cc21. The van der Waals surface area contributed by atoms with Crippen LogP contribution >= 0.6 is 0 Å². The van der Waals surface area contributed by atoms with Crippen LogP contribution in [0.25, 0.3) is 0 Å². The Kier molecular flexibility index (Phi) is 5.37. The molecule has 0 unspecified atom stereocenters. The predicted molar refractivity (Wildman–Crippen MR) is 109 cm³/mol. The number of piperidine rings is 1. The Morgan fingerprint density at radius 3 is 2.64 bits per heavy atom. The van der Waals surface area contributed by atoms with Gasteiger partial charge in [-0.1, -0.05) is 24.3 Å². The van der Waals surface area contributed by atoms with Gasteiger partial charge >= 0.3 is 0 Å². The van der Waals surface area contributed by atoms with Crippen molar-refractivity contribution >= 4 is 21.6 Å². The number of fused-ring (bicyclic) bond motifs is 1. The van der Waals surface area contributed by atoms with Gasteiger partial charge in [0.1, 0.15) is 0 Å². The number of nitrogens with one attached hydrogen (secondary N) is 2. The van der Waals surface area contributed by atoms with Crippen LogP contribution < -0.4 is 14.9 Å². The number of para-hydroxylation sites is 1. The van der Waals surface area contributed by atoms with Crippen LogP contribution in [-0.4, -0.2) is 34.0 Å². The van der Waals surface area contributed by atoms with Gasteiger partial charge in [-0.2, -0.15) is 0 Å². The van der Waals surface area contributed by atoms with E-state index in [1.807, 2.05) is 18.2 Å². The Labute approximate surface area is 166 Å². The average molecular weight is 400 g/mol. The largest absolute Gasteiger partial charge is 0.371 e. The summed E-state index contributed by atoms with van der Waals surface area (Å²) in [6, 6.07) is 12.7. The molecule has 0 radical (unpaired) electrons. The lowest BCUT2D eigenvalue weighted by Gasteiger charge is -2.30. The lowest BCUT2D eigenvalue weighted by Crippen LogP contribution is -2.33. The maximum atomic E-state index is 12.8. The molecule has 0 bridgehead atoms. The summed E-state index contributed by atoms with van der Waals surface area (Å²) in [6.07, 6.45) is 4.30. The number of amides is 1. The van der Waals surface area contributed by atoms with Gasteiger partial charge in [-0.05, 0) is 55.0 Å². The van der Waals surface area contributed by atoms with Crippen LogP contribution in [0.5, 0.6) is 0 Å². The van der Waals surface area contributed by atoms with Crippen LogP contribution in [0.1, 0.15) is 40.7 Å². The molecule has 2 aromatic rings. The molecule has 148 valence electrons. The maximum absolute atomic E-state index is 12.8. The molecule has 2 aliphatic rings. The van der Waals surface area contributed by atoms with E-state index in [0.717, 1.165) is 49.2 Å². The van der Waals surface area contributed by atoms with Crippen LogP contribution in [-0.2, 0) is 23.0 Å². The van der Waals surface area contributed by atoms with Gasteiger partial charge in [0.05, 0.1) is 4.90 Å². The Morgan fingerprint density at radius 1 is 1.04 bits per heavy atom. The molecule has 4 rings (SSSR count). The average Bonchev–Trinajstić information content (AvgIpc) is 2.73. The van der Waals surface area contributed by atoms with Gasteiger partial charge in [0.2, 0.25) is 10.0 Å². The van der Waals surface area contributed by atoms with Crippen molar-refractivity contribution in [1.29, 1.82) is 0 Å². The number of rotatable bonds is 5. The topological polar surface area (TPSA) is 78.5 Å². The van der Waals surface area contributed by atoms with E-state index in [0.29, 0.717) is 12.1 Å². The molecule has 0 aromatic heterocycles. The first kappa shape index (κ1) is 19.0. The molecule has 1 amide bonds. The van der Waals surface area contributed by atoms with Crippen molar-refractivity contribution in [2.24, 2.45) is 0 Å². The monoisotopic (exact) mass is 399 g/mol. The standard InChI is InChI=1S/C21H25N3O3S/c25-21-19-14-18(9-8-16(19)10-11-22-21)28(26,27)23-15-17-6-2-3-7-20(17)24-12-4-1-5-13-24/h2-3,6-9,14,23H,1,4-5,10-13,15H2,(H,22,25). The smallest absolute Gasteiger partial charge is 0.251 e. The summed E-state index contributed by atoms with van der Waals surface area (Å²) in [6.45, 7) is 2.81. The summed E-state index contributed by atoms with van der Waals surface area (Å²) in [5.41, 5.74) is 3.39. The predicted octanol–water partition coefficient (Wildman–Crippen LogP) is 2.44. The first-order valence-corrected chi connectivity index (χ1v) is 11.3. The second-order valence-corrected chi connectivity index (χ2v) is 9.09. The van der Waals surface area contributed by atoms with Crippen molar-refractivity contribution in [2.45, 2.75) is 37.1 Å². The highest BCUT2D eigenvalue weighted by Crippen LogP contribution is 2.25. The molecular formula is C21H25N3O3S. The third kappa shape index (κ3) is 3.91. The summed E-state index contributed by atoms with van der Waals surface area (Å²) in [4.78, 5) is 14.5. The van der Waals surface area contributed by atoms with Gasteiger partial charge in [0, 0.05) is 37.4 Å². The van der Waals surface area contributed by atoms with Crippen LogP contribution in [0.15, 0.2) is 47.4 Å². The Morgan fingerprint density at radius 2 is 1.82 bits per heavy atom. The molecule has 0 spiro atoms. The molecule has 7 heteroatoms. The fraction of sp³-hybridized carbons (Fsp3) is 0.381. The zero-order valence-corrected chi connectivity index (χ0v) is 16.6. The van der Waals surface area contributed by atoms with Crippen molar-refractivity contribution < 1.29 is 13.2 Å². The van der Waals surface area contributed by atoms with Crippen molar-refractivity contribution in [1.82, 2.24) is 10.0 Å². The van der Waals surface area contributed by atoms with Crippen LogP contribution in [0, 0.1) is 0 Å². The van der Waals surface area contributed by atoms with E-state index in [-0.39, 0.29) is 17.3 Å². The number of sulfonamides is 1. The second-order valence-electron chi connectivity index (χ2n) is 7.33. The fourth-order valence-corrected chi connectivity index (χ4v) is 4.95. The van der Waals surface area contributed by atoms with Crippen molar-refractivity contribution in [3.8, 4) is 0 Å². The van der Waals surface area contributed by atoms with E-state index in [9.17, 15) is 13.2 Å². The Balaban J connectivity index is 1.54. The van der Waals surface area contributed by atoms with E-state index in [2.05, 4.69) is 21.0 Å². The number of carbonyl (C=O) groups is 1. The minimum absolute atomic E-state index is 0.124. The summed E-state index contributed by atoms with van der Waals surface area (Å²) >= 11 is 0. The van der Waals surface area contributed by atoms with Crippen molar-refractivity contribution in [2.75, 3.05) is 24.5 Å². The minimum Gasteiger partial charge on any atom is -0.371 e. The van der Waals surface area contributed by atoms with Crippen LogP contribution in [0.4, 0.5) is 5.69 Å². The first-order chi connectivity index (χ1) is 13.5. The molecule has 1 fully saturated rings. The van der Waals surface area contributed by atoms with Gasteiger partial charge in [0.25, 0.3) is 5.91 Å². The third-order valence-electron chi connectivity index (χ3n) is 5.46. The third-order valence-corrected chi connectivity index (χ3v) is 6.86. The van der Waals surface area contributed by atoms with E-state index in [1.165, 1.54) is 12.5 Å². The summed E-state index contributed by atoms with van der Waals surface area (Å²) in [5, 5.41) is 2.76. The number of nitrogens with zero attached hydrogens (tertiary/aromatic N) is 1. The zero-order valence-electron chi connectivity index (χ0n) is 15.8. The lowest BCUT2D eigenvalue weighted by atomic mass is 10.0. The number of anilines is 1. The highest BCUT2D eigenvalue weighted by Gasteiger charge is 2.22. The van der Waals surface area contributed by atoms with Gasteiger partial charge < -0.3 is 10.2 Å². The van der Waals surface area contributed by atoms with E-state index < -0.39 is 10.0 Å². The van der Waals surface area contributed by atoms with Crippen LogP contribution in [0.3, 0.4) is 0 Å². The molecule has 2 heterocycles. The van der Waals surface area contributed by atoms with Gasteiger partial charge in [0.15, 0.2) is 0 Å². The number of hydrogen-bond acceptors (Lipinski definition) is 4. The highest BCUT2D eigenvalue weighted by atomic mass is 32.2. The number of carbonyl (C=O) groups excluding carboxylic acids is 1. The molecule has 0 atom stereocenters. The number of benzene rings is 2. The van der Waals surface area contributed by atoms with E-state index >= 15 is 0 Å². The van der Waals surface area contributed by atoms with Crippen LogP contribution in [0.2, 0.25) is 0 Å². The molecule has 2 aliphatic heterocycles. The number of hydrogen-bond donors (Lipinski definition) is 2. The van der Waals surface area contributed by atoms with Gasteiger partial charge in [-0.3, -0.25) is 4.79 Å². The Bertz CT molecular complexity index is 982. The van der Waals surface area contributed by atoms with E-state index in [1.54, 1.807) is 12.1 Å². The molecule has 28 heavy (non-hydrogen) atoms. The zero-order chi connectivity index (χ0) is 19.6. The minimum atomic E-state index is -3.71. The van der Waals surface area contributed by atoms with Crippen molar-refractivity contribution in [3.63, 3.8) is 0 Å². The molecule has 2 aromatic carbocycles. The first-order valence-electron chi connectivity index (χ1n) is 9.78. The molecule has 1 saturated heterocycles. The molecule has 2 N–H and O–H groups in total. The van der Waals surface area contributed by atoms with Gasteiger partial charge in [-0.25, -0.2) is 13.1 Å². The normalized spacial score (nSPS) is 17.1. The fourth-order valence-electron chi connectivity index (χ4n) is 3.92. The highest BCUT2D eigenvalue weighted by molar-refractivity contribution is 7.89.